The second kappa shape index (κ2) is 8.11. The molecular weight excluding hydrogens is 396 g/mol. The highest BCUT2D eigenvalue weighted by molar-refractivity contribution is 5.90. The van der Waals surface area contributed by atoms with Crippen molar-refractivity contribution in [2.24, 2.45) is 0 Å². The lowest BCUT2D eigenvalue weighted by Gasteiger charge is -2.33. The SMILES string of the molecule is COc1cccc(N2CC(CN3CCC(n4c(=O)[nH]c5ccccc54)CC3)OC2=O)c1. The van der Waals surface area contributed by atoms with E-state index in [9.17, 15) is 9.59 Å². The summed E-state index contributed by atoms with van der Waals surface area (Å²) in [6.45, 7) is 2.95. The van der Waals surface area contributed by atoms with Crippen LogP contribution in [0.15, 0.2) is 53.3 Å². The molecule has 5 rings (SSSR count). The number of hydrogen-bond acceptors (Lipinski definition) is 5. The molecular formula is C23H26N4O4. The molecule has 0 radical (unpaired) electrons. The van der Waals surface area contributed by atoms with E-state index in [0.717, 1.165) is 42.7 Å². The van der Waals surface area contributed by atoms with E-state index in [-0.39, 0.29) is 23.9 Å². The lowest BCUT2D eigenvalue weighted by molar-refractivity contribution is 0.0925. The summed E-state index contributed by atoms with van der Waals surface area (Å²) in [7, 11) is 1.61. The van der Waals surface area contributed by atoms with Crippen LogP contribution in [0.5, 0.6) is 5.75 Å². The van der Waals surface area contributed by atoms with Gasteiger partial charge in [-0.05, 0) is 37.1 Å². The van der Waals surface area contributed by atoms with E-state index in [0.29, 0.717) is 18.8 Å². The fraction of sp³-hybridized carbons (Fsp3) is 0.391. The standard InChI is InChI=1S/C23H26N4O4/c1-30-18-6-4-5-17(13-18)26-15-19(31-23(26)29)14-25-11-9-16(10-12-25)27-21-8-3-2-7-20(21)24-22(27)28/h2-8,13,16,19H,9-12,14-15H2,1H3,(H,24,28). The minimum atomic E-state index is -0.321. The van der Waals surface area contributed by atoms with E-state index >= 15 is 0 Å². The van der Waals surface area contributed by atoms with Crippen molar-refractivity contribution in [2.45, 2.75) is 25.0 Å². The number of fused-ring (bicyclic) bond motifs is 1. The Morgan fingerprint density at radius 3 is 2.71 bits per heavy atom. The predicted molar refractivity (Wildman–Crippen MR) is 118 cm³/mol. The molecule has 1 atom stereocenters. The zero-order chi connectivity index (χ0) is 21.4. The molecule has 0 spiro atoms. The molecule has 0 aliphatic carbocycles. The van der Waals surface area contributed by atoms with Gasteiger partial charge in [0.05, 0.1) is 30.4 Å². The number of aromatic amines is 1. The number of nitrogens with zero attached hydrogens (tertiary/aromatic N) is 3. The molecule has 162 valence electrons. The monoisotopic (exact) mass is 422 g/mol. The zero-order valence-electron chi connectivity index (χ0n) is 17.5. The highest BCUT2D eigenvalue weighted by Crippen LogP contribution is 2.28. The molecule has 8 nitrogen and oxygen atoms in total. The Hall–Kier alpha value is -3.26. The number of ether oxygens (including phenoxy) is 2. The Balaban J connectivity index is 1.21. The molecule has 3 heterocycles. The fourth-order valence-electron chi connectivity index (χ4n) is 4.69. The first-order valence-electron chi connectivity index (χ1n) is 10.7. The van der Waals surface area contributed by atoms with Crippen LogP contribution in [0, 0.1) is 0 Å². The quantitative estimate of drug-likeness (QED) is 0.684. The summed E-state index contributed by atoms with van der Waals surface area (Å²) in [4.78, 5) is 31.8. The van der Waals surface area contributed by atoms with Crippen LogP contribution in [0.3, 0.4) is 0 Å². The molecule has 1 amide bonds. The number of likely N-dealkylation sites (tertiary alicyclic amines) is 1. The van der Waals surface area contributed by atoms with E-state index in [2.05, 4.69) is 9.88 Å². The van der Waals surface area contributed by atoms with Crippen LogP contribution in [0.2, 0.25) is 0 Å². The highest BCUT2D eigenvalue weighted by Gasteiger charge is 2.34. The third-order valence-electron chi connectivity index (χ3n) is 6.25. The average Bonchev–Trinajstić information content (AvgIpc) is 3.33. The van der Waals surface area contributed by atoms with Gasteiger partial charge in [0.2, 0.25) is 0 Å². The predicted octanol–water partition coefficient (Wildman–Crippen LogP) is 3.00. The van der Waals surface area contributed by atoms with Gasteiger partial charge in [-0.1, -0.05) is 18.2 Å². The lowest BCUT2D eigenvalue weighted by atomic mass is 10.0. The molecule has 1 aromatic heterocycles. The molecule has 31 heavy (non-hydrogen) atoms. The second-order valence-electron chi connectivity index (χ2n) is 8.17. The van der Waals surface area contributed by atoms with Gasteiger partial charge in [-0.3, -0.25) is 14.4 Å². The number of carbonyl (C=O) groups is 1. The smallest absolute Gasteiger partial charge is 0.414 e. The summed E-state index contributed by atoms with van der Waals surface area (Å²) in [5.41, 5.74) is 2.58. The number of rotatable bonds is 5. The fourth-order valence-corrected chi connectivity index (χ4v) is 4.69. The summed E-state index contributed by atoms with van der Waals surface area (Å²) in [5.74, 6) is 0.711. The lowest BCUT2D eigenvalue weighted by Crippen LogP contribution is -2.41. The van der Waals surface area contributed by atoms with Crippen molar-refractivity contribution in [3.63, 3.8) is 0 Å². The third-order valence-corrected chi connectivity index (χ3v) is 6.25. The van der Waals surface area contributed by atoms with Gasteiger partial charge >= 0.3 is 11.8 Å². The van der Waals surface area contributed by atoms with Gasteiger partial charge in [-0.15, -0.1) is 0 Å². The van der Waals surface area contributed by atoms with Crippen molar-refractivity contribution >= 4 is 22.8 Å². The minimum Gasteiger partial charge on any atom is -0.497 e. The van der Waals surface area contributed by atoms with Crippen LogP contribution in [-0.4, -0.2) is 59.9 Å². The van der Waals surface area contributed by atoms with Gasteiger partial charge in [-0.25, -0.2) is 9.59 Å². The number of para-hydroxylation sites is 2. The van der Waals surface area contributed by atoms with E-state index in [1.807, 2.05) is 53.1 Å². The van der Waals surface area contributed by atoms with Gasteiger partial charge in [-0.2, -0.15) is 0 Å². The molecule has 2 aliphatic heterocycles. The Morgan fingerprint density at radius 1 is 1.10 bits per heavy atom. The molecule has 0 saturated carbocycles. The minimum absolute atomic E-state index is 0.0432. The van der Waals surface area contributed by atoms with Crippen LogP contribution in [0.1, 0.15) is 18.9 Å². The maximum absolute atomic E-state index is 12.5. The summed E-state index contributed by atoms with van der Waals surface area (Å²) in [6, 6.07) is 15.4. The van der Waals surface area contributed by atoms with Gasteiger partial charge < -0.3 is 14.5 Å². The van der Waals surface area contributed by atoms with Gasteiger partial charge in [0.25, 0.3) is 0 Å². The van der Waals surface area contributed by atoms with Crippen molar-refractivity contribution in [3.8, 4) is 5.75 Å². The number of benzene rings is 2. The summed E-state index contributed by atoms with van der Waals surface area (Å²) in [6.07, 6.45) is 1.29. The maximum atomic E-state index is 12.5. The Morgan fingerprint density at radius 2 is 1.90 bits per heavy atom. The number of methoxy groups -OCH3 is 1. The third kappa shape index (κ3) is 3.79. The van der Waals surface area contributed by atoms with Crippen molar-refractivity contribution in [3.05, 3.63) is 59.0 Å². The summed E-state index contributed by atoms with van der Waals surface area (Å²) >= 11 is 0. The maximum Gasteiger partial charge on any atom is 0.414 e. The first-order chi connectivity index (χ1) is 15.1. The number of anilines is 1. The van der Waals surface area contributed by atoms with E-state index < -0.39 is 0 Å². The number of carbonyl (C=O) groups excluding carboxylic acids is 1. The van der Waals surface area contributed by atoms with Crippen LogP contribution in [0.25, 0.3) is 11.0 Å². The first-order valence-corrected chi connectivity index (χ1v) is 10.7. The Kier molecular flexibility index (Phi) is 5.15. The molecule has 8 heteroatoms. The number of piperidine rings is 1. The van der Waals surface area contributed by atoms with E-state index in [4.69, 9.17) is 9.47 Å². The summed E-state index contributed by atoms with van der Waals surface area (Å²) < 4.78 is 12.8. The largest absolute Gasteiger partial charge is 0.497 e. The van der Waals surface area contributed by atoms with E-state index in [1.165, 1.54) is 0 Å². The van der Waals surface area contributed by atoms with Crippen LogP contribution in [0.4, 0.5) is 10.5 Å². The number of cyclic esters (lactones) is 1. The van der Waals surface area contributed by atoms with Crippen LogP contribution < -0.4 is 15.3 Å². The topological polar surface area (TPSA) is 79.8 Å². The van der Waals surface area contributed by atoms with Crippen molar-refractivity contribution < 1.29 is 14.3 Å². The van der Waals surface area contributed by atoms with Gasteiger partial charge in [0, 0.05) is 31.7 Å². The molecule has 2 aromatic carbocycles. The molecule has 0 bridgehead atoms. The van der Waals surface area contributed by atoms with Gasteiger partial charge in [0.15, 0.2) is 0 Å². The molecule has 2 aliphatic rings. The number of imidazole rings is 1. The summed E-state index contributed by atoms with van der Waals surface area (Å²) in [5, 5.41) is 0. The molecule has 2 fully saturated rings. The normalized spacial score (nSPS) is 20.4. The van der Waals surface area contributed by atoms with Crippen molar-refractivity contribution in [2.75, 3.05) is 38.2 Å². The Labute approximate surface area is 180 Å². The second-order valence-corrected chi connectivity index (χ2v) is 8.17. The molecule has 3 aromatic rings. The van der Waals surface area contributed by atoms with Gasteiger partial charge in [0.1, 0.15) is 11.9 Å². The zero-order valence-corrected chi connectivity index (χ0v) is 17.5. The number of nitrogens with one attached hydrogen (secondary N) is 1. The average molecular weight is 422 g/mol. The first kappa shape index (κ1) is 19.7. The molecule has 1 N–H and O–H groups in total. The van der Waals surface area contributed by atoms with Crippen LogP contribution >= 0.6 is 0 Å². The Bertz CT molecular complexity index is 1150. The molecule has 2 saturated heterocycles. The van der Waals surface area contributed by atoms with Crippen molar-refractivity contribution in [1.82, 2.24) is 14.5 Å². The number of H-pyrrole nitrogens is 1. The van der Waals surface area contributed by atoms with E-state index in [1.54, 1.807) is 12.0 Å². The highest BCUT2D eigenvalue weighted by atomic mass is 16.6. The van der Waals surface area contributed by atoms with Crippen molar-refractivity contribution in [1.29, 1.82) is 0 Å². The number of hydrogen-bond donors (Lipinski definition) is 1. The number of amides is 1. The van der Waals surface area contributed by atoms with Crippen LogP contribution in [-0.2, 0) is 4.74 Å². The number of aromatic nitrogens is 2. The molecule has 1 unspecified atom stereocenters.